The average molecular weight is 632 g/mol. The molecule has 1 aromatic heterocycles. The van der Waals surface area contributed by atoms with E-state index in [0.717, 1.165) is 34.0 Å². The largest absolute Gasteiger partial charge is 0.497 e. The Morgan fingerprint density at radius 1 is 0.957 bits per heavy atom. The predicted molar refractivity (Wildman–Crippen MR) is 168 cm³/mol. The number of aliphatic carboxylic acids is 1. The van der Waals surface area contributed by atoms with Crippen LogP contribution in [0.3, 0.4) is 0 Å². The zero-order valence-electron chi connectivity index (χ0n) is 25.4. The van der Waals surface area contributed by atoms with Crippen LogP contribution in [-0.4, -0.2) is 47.0 Å². The van der Waals surface area contributed by atoms with Gasteiger partial charge in [-0.1, -0.05) is 30.3 Å². The van der Waals surface area contributed by atoms with Crippen LogP contribution in [0, 0.1) is 0 Å². The minimum absolute atomic E-state index is 0.00353. The number of methoxy groups -OCH3 is 1. The van der Waals surface area contributed by atoms with Crippen molar-refractivity contribution in [3.63, 3.8) is 0 Å². The average Bonchev–Trinajstić information content (AvgIpc) is 3.49. The van der Waals surface area contributed by atoms with Crippen LogP contribution in [0.2, 0.25) is 0 Å². The van der Waals surface area contributed by atoms with Gasteiger partial charge in [0.15, 0.2) is 0 Å². The number of carboxylic acid groups (broad SMARTS) is 1. The van der Waals surface area contributed by atoms with Gasteiger partial charge in [-0.15, -0.1) is 0 Å². The number of benzene rings is 4. The summed E-state index contributed by atoms with van der Waals surface area (Å²) in [5, 5.41) is 18.1. The first-order valence-electron chi connectivity index (χ1n) is 14.6. The fraction of sp³-hybridized carbons (Fsp3) is 0.229. The van der Waals surface area contributed by atoms with E-state index in [9.17, 15) is 22.8 Å². The van der Waals surface area contributed by atoms with E-state index in [2.05, 4.69) is 5.32 Å². The standard InChI is InChI=1S/C35H32F3N3O5/c1-4-46-32-14-12-27(35(36,37)38)19-29(32)30-20-31(26-10-9-25-18-28(45-3)13-11-24(25)17-26)41(40-30)21(2)22-5-7-23(8-6-22)34(44)39-16-15-33(42)43/h5-14,17-21H,4,15-16H2,1-3H3,(H,39,44)(H,42,43)/t21-/m1/s1. The Bertz CT molecular complexity index is 1880. The van der Waals surface area contributed by atoms with Crippen molar-refractivity contribution < 1.29 is 37.3 Å². The number of alkyl halides is 3. The molecule has 0 aliphatic heterocycles. The lowest BCUT2D eigenvalue weighted by molar-refractivity contribution is -0.138. The highest BCUT2D eigenvalue weighted by Crippen LogP contribution is 2.39. The van der Waals surface area contributed by atoms with Crippen molar-refractivity contribution in [2.45, 2.75) is 32.5 Å². The summed E-state index contributed by atoms with van der Waals surface area (Å²) < 4.78 is 54.1. The van der Waals surface area contributed by atoms with Crippen molar-refractivity contribution in [1.82, 2.24) is 15.1 Å². The summed E-state index contributed by atoms with van der Waals surface area (Å²) in [7, 11) is 1.60. The summed E-state index contributed by atoms with van der Waals surface area (Å²) in [4.78, 5) is 23.3. The minimum atomic E-state index is -4.56. The van der Waals surface area contributed by atoms with Crippen LogP contribution >= 0.6 is 0 Å². The maximum Gasteiger partial charge on any atom is 0.416 e. The van der Waals surface area contributed by atoms with Gasteiger partial charge in [0.25, 0.3) is 5.91 Å². The van der Waals surface area contributed by atoms with Crippen LogP contribution in [0.4, 0.5) is 13.2 Å². The number of carboxylic acids is 1. The molecule has 0 aliphatic rings. The molecule has 2 N–H and O–H groups in total. The molecule has 46 heavy (non-hydrogen) atoms. The zero-order valence-corrected chi connectivity index (χ0v) is 25.4. The lowest BCUT2D eigenvalue weighted by Gasteiger charge is -2.17. The Kier molecular flexibility index (Phi) is 9.31. The first-order valence-corrected chi connectivity index (χ1v) is 14.6. The van der Waals surface area contributed by atoms with Gasteiger partial charge in [0.1, 0.15) is 11.5 Å². The number of nitrogens with one attached hydrogen (secondary N) is 1. The second-order valence-electron chi connectivity index (χ2n) is 10.6. The molecule has 1 atom stereocenters. The third-order valence-electron chi connectivity index (χ3n) is 7.61. The van der Waals surface area contributed by atoms with Gasteiger partial charge in [-0.05, 0) is 84.8 Å². The van der Waals surface area contributed by atoms with Crippen LogP contribution in [0.15, 0.2) is 84.9 Å². The first kappa shape index (κ1) is 32.1. The van der Waals surface area contributed by atoms with E-state index in [1.54, 1.807) is 49.0 Å². The summed E-state index contributed by atoms with van der Waals surface area (Å²) in [5.74, 6) is -0.414. The summed E-state index contributed by atoms with van der Waals surface area (Å²) in [6.45, 7) is 3.92. The van der Waals surface area contributed by atoms with Gasteiger partial charge < -0.3 is 19.9 Å². The molecule has 0 bridgehead atoms. The summed E-state index contributed by atoms with van der Waals surface area (Å²) in [6, 6.07) is 23.1. The molecule has 0 spiro atoms. The number of halogens is 3. The van der Waals surface area contributed by atoms with Crippen molar-refractivity contribution >= 4 is 22.6 Å². The van der Waals surface area contributed by atoms with Gasteiger partial charge in [0.2, 0.25) is 0 Å². The molecule has 0 fully saturated rings. The molecule has 0 saturated carbocycles. The molecule has 1 heterocycles. The monoisotopic (exact) mass is 631 g/mol. The van der Waals surface area contributed by atoms with E-state index >= 15 is 0 Å². The SMILES string of the molecule is CCOc1ccc(C(F)(F)F)cc1-c1cc(-c2ccc3cc(OC)ccc3c2)n([C@H](C)c2ccc(C(=O)NCCC(=O)O)cc2)n1. The second-order valence-corrected chi connectivity index (χ2v) is 10.6. The molecular formula is C35H32F3N3O5. The third kappa shape index (κ3) is 6.98. The van der Waals surface area contributed by atoms with Crippen LogP contribution in [0.25, 0.3) is 33.3 Å². The number of aromatic nitrogens is 2. The minimum Gasteiger partial charge on any atom is -0.497 e. The molecule has 0 aliphatic carbocycles. The Morgan fingerprint density at radius 2 is 1.67 bits per heavy atom. The molecule has 0 radical (unpaired) electrons. The van der Waals surface area contributed by atoms with Gasteiger partial charge in [0.05, 0.1) is 43.1 Å². The van der Waals surface area contributed by atoms with E-state index < -0.39 is 29.7 Å². The molecule has 238 valence electrons. The van der Waals surface area contributed by atoms with Crippen molar-refractivity contribution in [3.8, 4) is 34.0 Å². The van der Waals surface area contributed by atoms with Gasteiger partial charge in [-0.2, -0.15) is 18.3 Å². The van der Waals surface area contributed by atoms with Gasteiger partial charge in [0, 0.05) is 23.2 Å². The van der Waals surface area contributed by atoms with Crippen molar-refractivity contribution in [2.75, 3.05) is 20.3 Å². The number of hydrogen-bond acceptors (Lipinski definition) is 5. The number of carbonyl (C=O) groups excluding carboxylic acids is 1. The van der Waals surface area contributed by atoms with Crippen molar-refractivity contribution in [1.29, 1.82) is 0 Å². The normalized spacial score (nSPS) is 12.1. The van der Waals surface area contributed by atoms with Crippen LogP contribution in [-0.2, 0) is 11.0 Å². The summed E-state index contributed by atoms with van der Waals surface area (Å²) >= 11 is 0. The van der Waals surface area contributed by atoms with Crippen LogP contribution in [0.5, 0.6) is 11.5 Å². The Hall–Kier alpha value is -5.32. The highest BCUT2D eigenvalue weighted by molar-refractivity contribution is 5.94. The van der Waals surface area contributed by atoms with Gasteiger partial charge in [-0.25, -0.2) is 0 Å². The summed E-state index contributed by atoms with van der Waals surface area (Å²) in [5.41, 5.74) is 2.31. The lowest BCUT2D eigenvalue weighted by atomic mass is 10.0. The molecule has 11 heteroatoms. The lowest BCUT2D eigenvalue weighted by Crippen LogP contribution is -2.26. The molecule has 5 rings (SSSR count). The molecule has 8 nitrogen and oxygen atoms in total. The highest BCUT2D eigenvalue weighted by atomic mass is 19.4. The predicted octanol–water partition coefficient (Wildman–Crippen LogP) is 7.61. The van der Waals surface area contributed by atoms with Crippen LogP contribution in [0.1, 0.15) is 47.8 Å². The Balaban J connectivity index is 1.59. The topological polar surface area (TPSA) is 103 Å². The molecule has 0 unspecified atom stereocenters. The fourth-order valence-electron chi connectivity index (χ4n) is 5.17. The molecule has 4 aromatic carbocycles. The zero-order chi connectivity index (χ0) is 33.0. The van der Waals surface area contributed by atoms with E-state index in [0.29, 0.717) is 22.7 Å². The number of nitrogens with zero attached hydrogens (tertiary/aromatic N) is 2. The number of hydrogen-bond donors (Lipinski definition) is 2. The smallest absolute Gasteiger partial charge is 0.416 e. The number of rotatable bonds is 11. The first-order chi connectivity index (χ1) is 22.0. The number of carbonyl (C=O) groups is 2. The maximum absolute atomic E-state index is 13.8. The quantitative estimate of drug-likeness (QED) is 0.156. The highest BCUT2D eigenvalue weighted by Gasteiger charge is 2.32. The summed E-state index contributed by atoms with van der Waals surface area (Å²) in [6.07, 6.45) is -4.75. The van der Waals surface area contributed by atoms with Gasteiger partial charge in [-0.3, -0.25) is 14.3 Å². The van der Waals surface area contributed by atoms with Crippen LogP contribution < -0.4 is 14.8 Å². The Labute approximate surface area is 263 Å². The Morgan fingerprint density at radius 3 is 2.35 bits per heavy atom. The number of amides is 1. The van der Waals surface area contributed by atoms with Crippen molar-refractivity contribution in [3.05, 3.63) is 102 Å². The van der Waals surface area contributed by atoms with E-state index in [-0.39, 0.29) is 30.9 Å². The third-order valence-corrected chi connectivity index (χ3v) is 7.61. The van der Waals surface area contributed by atoms with Gasteiger partial charge >= 0.3 is 12.1 Å². The van der Waals surface area contributed by atoms with E-state index in [4.69, 9.17) is 19.7 Å². The molecule has 1 amide bonds. The second kappa shape index (κ2) is 13.4. The number of ether oxygens (including phenoxy) is 2. The van der Waals surface area contributed by atoms with E-state index in [1.165, 1.54) is 6.07 Å². The fourth-order valence-corrected chi connectivity index (χ4v) is 5.17. The molecule has 5 aromatic rings. The molecule has 0 saturated heterocycles. The maximum atomic E-state index is 13.8. The number of fused-ring (bicyclic) bond motifs is 1. The van der Waals surface area contributed by atoms with Crippen molar-refractivity contribution in [2.24, 2.45) is 0 Å². The van der Waals surface area contributed by atoms with E-state index in [1.807, 2.05) is 43.3 Å². The molecular weight excluding hydrogens is 599 g/mol.